The molecule has 152 valence electrons. The van der Waals surface area contributed by atoms with Crippen LogP contribution in [0.3, 0.4) is 0 Å². The standard InChI is InChI=1S/C20H18F3N3O3/c1-25(10-9-24)15-8-7-14-11-17(13-5-3-2-4-6-13)26(18(27)16(14)12-15)29-19(28)20(21,22)23/h2-8,11-12H,9-10,24H2,1H3. The molecule has 0 unspecified atom stereocenters. The number of benzene rings is 2. The monoisotopic (exact) mass is 405 g/mol. The number of nitrogens with zero attached hydrogens (tertiary/aromatic N) is 2. The van der Waals surface area contributed by atoms with Crippen molar-refractivity contribution in [2.24, 2.45) is 5.73 Å². The largest absolute Gasteiger partial charge is 0.493 e. The average Bonchev–Trinajstić information content (AvgIpc) is 2.69. The summed E-state index contributed by atoms with van der Waals surface area (Å²) in [4.78, 5) is 30.7. The maximum atomic E-state index is 13.0. The summed E-state index contributed by atoms with van der Waals surface area (Å²) in [5.41, 5.74) is 5.78. The minimum Gasteiger partial charge on any atom is -0.373 e. The van der Waals surface area contributed by atoms with E-state index in [2.05, 4.69) is 4.84 Å². The third-order valence-corrected chi connectivity index (χ3v) is 4.34. The molecule has 0 aliphatic heterocycles. The van der Waals surface area contributed by atoms with Gasteiger partial charge in [0.15, 0.2) is 0 Å². The first-order valence-electron chi connectivity index (χ1n) is 8.68. The number of carbonyl (C=O) groups excluding carboxylic acids is 1. The lowest BCUT2D eigenvalue weighted by molar-refractivity contribution is -0.200. The number of anilines is 1. The summed E-state index contributed by atoms with van der Waals surface area (Å²) < 4.78 is 38.7. The molecule has 29 heavy (non-hydrogen) atoms. The number of hydrogen-bond acceptors (Lipinski definition) is 5. The van der Waals surface area contributed by atoms with Gasteiger partial charge in [0.2, 0.25) is 0 Å². The molecule has 1 heterocycles. The summed E-state index contributed by atoms with van der Waals surface area (Å²) in [5.74, 6) is -2.48. The van der Waals surface area contributed by atoms with E-state index < -0.39 is 17.7 Å². The first-order valence-corrected chi connectivity index (χ1v) is 8.68. The highest BCUT2D eigenvalue weighted by Crippen LogP contribution is 2.25. The van der Waals surface area contributed by atoms with Crippen LogP contribution in [0.25, 0.3) is 22.0 Å². The Kier molecular flexibility index (Phi) is 5.60. The molecule has 3 aromatic rings. The van der Waals surface area contributed by atoms with Gasteiger partial charge in [-0.15, -0.1) is 4.73 Å². The van der Waals surface area contributed by atoms with Crippen molar-refractivity contribution < 1.29 is 22.8 Å². The number of aromatic nitrogens is 1. The fourth-order valence-electron chi connectivity index (χ4n) is 2.88. The van der Waals surface area contributed by atoms with Crippen molar-refractivity contribution in [2.45, 2.75) is 6.18 Å². The average molecular weight is 405 g/mol. The van der Waals surface area contributed by atoms with Gasteiger partial charge >= 0.3 is 12.1 Å². The van der Waals surface area contributed by atoms with Gasteiger partial charge in [-0.2, -0.15) is 13.2 Å². The van der Waals surface area contributed by atoms with Crippen LogP contribution in [0.2, 0.25) is 0 Å². The zero-order valence-electron chi connectivity index (χ0n) is 15.4. The molecule has 0 atom stereocenters. The van der Waals surface area contributed by atoms with E-state index in [1.807, 2.05) is 0 Å². The molecule has 0 bridgehead atoms. The van der Waals surface area contributed by atoms with E-state index in [1.54, 1.807) is 54.4 Å². The third-order valence-electron chi connectivity index (χ3n) is 4.34. The molecular weight excluding hydrogens is 387 g/mol. The number of rotatable bonds is 5. The molecular formula is C20H18F3N3O3. The second-order valence-corrected chi connectivity index (χ2v) is 6.35. The number of carbonyl (C=O) groups is 1. The quantitative estimate of drug-likeness (QED) is 0.706. The van der Waals surface area contributed by atoms with Crippen LogP contribution in [-0.4, -0.2) is 37.0 Å². The molecule has 0 spiro atoms. The van der Waals surface area contributed by atoms with Crippen LogP contribution in [0.5, 0.6) is 0 Å². The van der Waals surface area contributed by atoms with Gasteiger partial charge in [0.05, 0.1) is 11.1 Å². The topological polar surface area (TPSA) is 77.6 Å². The molecule has 6 nitrogen and oxygen atoms in total. The van der Waals surface area contributed by atoms with E-state index in [9.17, 15) is 22.8 Å². The van der Waals surface area contributed by atoms with Gasteiger partial charge in [0.1, 0.15) is 0 Å². The summed E-state index contributed by atoms with van der Waals surface area (Å²) in [5, 5.41) is 0.610. The number of pyridine rings is 1. The van der Waals surface area contributed by atoms with Crippen molar-refractivity contribution in [3.63, 3.8) is 0 Å². The van der Waals surface area contributed by atoms with Crippen molar-refractivity contribution in [3.05, 3.63) is 65.0 Å². The maximum Gasteiger partial charge on any atom is 0.493 e. The number of halogens is 3. The fourth-order valence-corrected chi connectivity index (χ4v) is 2.88. The summed E-state index contributed by atoms with van der Waals surface area (Å²) >= 11 is 0. The molecule has 0 amide bonds. The van der Waals surface area contributed by atoms with Gasteiger partial charge in [-0.1, -0.05) is 36.4 Å². The Balaban J connectivity index is 2.23. The van der Waals surface area contributed by atoms with Crippen LogP contribution in [0.15, 0.2) is 59.4 Å². The van der Waals surface area contributed by atoms with Gasteiger partial charge in [0, 0.05) is 31.4 Å². The van der Waals surface area contributed by atoms with Crippen LogP contribution >= 0.6 is 0 Å². The molecule has 0 saturated carbocycles. The Morgan fingerprint density at radius 2 is 1.83 bits per heavy atom. The Morgan fingerprint density at radius 1 is 1.14 bits per heavy atom. The van der Waals surface area contributed by atoms with Crippen LogP contribution < -0.4 is 21.0 Å². The predicted octanol–water partition coefficient (Wildman–Crippen LogP) is 2.58. The minimum absolute atomic E-state index is 0.0313. The van der Waals surface area contributed by atoms with Gasteiger partial charge in [0.25, 0.3) is 5.56 Å². The van der Waals surface area contributed by atoms with Crippen LogP contribution in [0.1, 0.15) is 0 Å². The summed E-state index contributed by atoms with van der Waals surface area (Å²) in [6.07, 6.45) is -5.24. The molecule has 0 fully saturated rings. The summed E-state index contributed by atoms with van der Waals surface area (Å²) in [6, 6.07) is 14.7. The maximum absolute atomic E-state index is 13.0. The van der Waals surface area contributed by atoms with Crippen LogP contribution in [0, 0.1) is 0 Å². The lowest BCUT2D eigenvalue weighted by atomic mass is 10.1. The molecule has 0 saturated heterocycles. The zero-order chi connectivity index (χ0) is 21.2. The van der Waals surface area contributed by atoms with Gasteiger partial charge in [-0.25, -0.2) is 4.79 Å². The Morgan fingerprint density at radius 3 is 2.45 bits per heavy atom. The molecule has 0 radical (unpaired) electrons. The smallest absolute Gasteiger partial charge is 0.373 e. The molecule has 2 aromatic carbocycles. The van der Waals surface area contributed by atoms with E-state index in [1.165, 1.54) is 12.1 Å². The van der Waals surface area contributed by atoms with E-state index in [4.69, 9.17) is 5.73 Å². The molecule has 0 aliphatic rings. The second-order valence-electron chi connectivity index (χ2n) is 6.35. The number of likely N-dealkylation sites (N-methyl/N-ethyl adjacent to an activating group) is 1. The van der Waals surface area contributed by atoms with E-state index in [0.717, 1.165) is 0 Å². The van der Waals surface area contributed by atoms with E-state index in [0.29, 0.717) is 34.5 Å². The number of hydrogen-bond donors (Lipinski definition) is 1. The summed E-state index contributed by atoms with van der Waals surface area (Å²) in [7, 11) is 1.77. The Labute approximate surface area is 163 Å². The number of fused-ring (bicyclic) bond motifs is 1. The normalized spacial score (nSPS) is 11.5. The van der Waals surface area contributed by atoms with E-state index >= 15 is 0 Å². The Hall–Kier alpha value is -3.33. The fraction of sp³-hybridized carbons (Fsp3) is 0.200. The van der Waals surface area contributed by atoms with E-state index in [-0.39, 0.29) is 11.1 Å². The highest BCUT2D eigenvalue weighted by Gasteiger charge is 2.42. The zero-order valence-corrected chi connectivity index (χ0v) is 15.4. The van der Waals surface area contributed by atoms with Crippen molar-refractivity contribution >= 4 is 22.4 Å². The van der Waals surface area contributed by atoms with Crippen molar-refractivity contribution in [2.75, 3.05) is 25.0 Å². The highest BCUT2D eigenvalue weighted by molar-refractivity contribution is 5.88. The first-order chi connectivity index (χ1) is 13.7. The predicted molar refractivity (Wildman–Crippen MR) is 104 cm³/mol. The molecule has 1 aromatic heterocycles. The minimum atomic E-state index is -5.24. The number of alkyl halides is 3. The van der Waals surface area contributed by atoms with Gasteiger partial charge < -0.3 is 15.5 Å². The second kappa shape index (κ2) is 7.96. The number of nitrogens with two attached hydrogens (primary N) is 1. The SMILES string of the molecule is CN(CCN)c1ccc2cc(-c3ccccc3)n(OC(=O)C(F)(F)F)c(=O)c2c1. The molecule has 0 aliphatic carbocycles. The van der Waals surface area contributed by atoms with Crippen LogP contribution in [-0.2, 0) is 4.79 Å². The van der Waals surface area contributed by atoms with Crippen molar-refractivity contribution in [1.29, 1.82) is 0 Å². The van der Waals surface area contributed by atoms with Gasteiger partial charge in [-0.3, -0.25) is 4.79 Å². The van der Waals surface area contributed by atoms with Crippen molar-refractivity contribution in [3.8, 4) is 11.3 Å². The van der Waals surface area contributed by atoms with Crippen molar-refractivity contribution in [1.82, 2.24) is 4.73 Å². The molecule has 3 rings (SSSR count). The van der Waals surface area contributed by atoms with Crippen LogP contribution in [0.4, 0.5) is 18.9 Å². The Bertz CT molecular complexity index is 1100. The first kappa shape index (κ1) is 20.4. The lowest BCUT2D eigenvalue weighted by Crippen LogP contribution is -2.39. The highest BCUT2D eigenvalue weighted by atomic mass is 19.4. The summed E-state index contributed by atoms with van der Waals surface area (Å²) in [6.45, 7) is 0.903. The third kappa shape index (κ3) is 4.24. The molecule has 2 N–H and O–H groups in total. The lowest BCUT2D eigenvalue weighted by Gasteiger charge is -2.19. The molecule has 9 heteroatoms. The van der Waals surface area contributed by atoms with Gasteiger partial charge in [-0.05, 0) is 23.6 Å².